The predicted octanol–water partition coefficient (Wildman–Crippen LogP) is 8.59. The van der Waals surface area contributed by atoms with Crippen LogP contribution < -0.4 is 0 Å². The van der Waals surface area contributed by atoms with Crippen LogP contribution in [0.5, 0.6) is 0 Å². The van der Waals surface area contributed by atoms with Gasteiger partial charge in [0.25, 0.3) is 0 Å². The summed E-state index contributed by atoms with van der Waals surface area (Å²) in [6.45, 7) is 4.41. The van der Waals surface area contributed by atoms with Crippen molar-refractivity contribution in [2.24, 2.45) is 0 Å². The lowest BCUT2D eigenvalue weighted by Crippen LogP contribution is -2.12. The Hall–Kier alpha value is -2.86. The van der Waals surface area contributed by atoms with Gasteiger partial charge in [0, 0.05) is 5.92 Å². The number of hydrogen-bond donors (Lipinski definition) is 0. The lowest BCUT2D eigenvalue weighted by Gasteiger charge is -2.31. The minimum Gasteiger partial charge on any atom is -0.0807 e. The van der Waals surface area contributed by atoms with Gasteiger partial charge in [-0.25, -0.2) is 0 Å². The molecule has 30 heavy (non-hydrogen) atoms. The van der Waals surface area contributed by atoms with Crippen LogP contribution in [-0.2, 0) is 0 Å². The first-order valence-electron chi connectivity index (χ1n) is 11.3. The van der Waals surface area contributed by atoms with E-state index in [1.165, 1.54) is 58.2 Å². The summed E-state index contributed by atoms with van der Waals surface area (Å²) in [5.41, 5.74) is 11.3. The average molecular weight is 391 g/mol. The summed E-state index contributed by atoms with van der Waals surface area (Å²) >= 11 is 0. The highest BCUT2D eigenvalue weighted by molar-refractivity contribution is 5.81. The normalized spacial score (nSPS) is 18.7. The van der Waals surface area contributed by atoms with Gasteiger partial charge in [-0.15, -0.1) is 0 Å². The van der Waals surface area contributed by atoms with Gasteiger partial charge in [-0.05, 0) is 78.0 Å². The molecule has 3 aromatic rings. The maximum atomic E-state index is 2.35. The van der Waals surface area contributed by atoms with E-state index in [0.29, 0.717) is 11.8 Å². The fourth-order valence-corrected chi connectivity index (χ4v) is 4.95. The summed E-state index contributed by atoms with van der Waals surface area (Å²) < 4.78 is 0. The van der Waals surface area contributed by atoms with Crippen LogP contribution in [0.25, 0.3) is 22.3 Å². The Morgan fingerprint density at radius 3 is 2.13 bits per heavy atom. The summed E-state index contributed by atoms with van der Waals surface area (Å²) in [6, 6.07) is 25.1. The highest BCUT2D eigenvalue weighted by atomic mass is 14.3. The topological polar surface area (TPSA) is 0 Å². The van der Waals surface area contributed by atoms with Gasteiger partial charge in [-0.3, -0.25) is 0 Å². The van der Waals surface area contributed by atoms with Gasteiger partial charge in [0.2, 0.25) is 0 Å². The summed E-state index contributed by atoms with van der Waals surface area (Å²) in [7, 11) is 0. The lowest BCUT2D eigenvalue weighted by atomic mass is 9.74. The molecule has 0 heteroatoms. The fourth-order valence-electron chi connectivity index (χ4n) is 4.95. The Balaban J connectivity index is 1.55. The van der Waals surface area contributed by atoms with Gasteiger partial charge in [-0.2, -0.15) is 0 Å². The summed E-state index contributed by atoms with van der Waals surface area (Å²) in [6.07, 6.45) is 12.0. The van der Waals surface area contributed by atoms with Crippen molar-refractivity contribution in [2.75, 3.05) is 0 Å². The van der Waals surface area contributed by atoms with Crippen LogP contribution in [-0.4, -0.2) is 0 Å². The number of hydrogen-bond acceptors (Lipinski definition) is 0. The van der Waals surface area contributed by atoms with Crippen LogP contribution in [0.1, 0.15) is 61.1 Å². The number of benzene rings is 3. The molecule has 0 aliphatic heterocycles. The third kappa shape index (κ3) is 3.56. The molecule has 0 N–H and O–H groups in total. The van der Waals surface area contributed by atoms with Gasteiger partial charge in [-0.1, -0.05) is 97.0 Å². The fraction of sp³-hybridized carbons (Fsp3) is 0.267. The molecule has 1 unspecified atom stereocenters. The standard InChI is InChI=1S/C30H30/c1-21-13-15-23(16-14-21)24-17-19-25(20-18-24)28-11-6-12-29(30(28)26-8-5-9-26)27-10-4-3-7-22(27)2/h3-4,6-7,10-15,17-20,23,26H,5,8-9,16H2,1-2H3. The first kappa shape index (κ1) is 19.1. The highest BCUT2D eigenvalue weighted by Gasteiger charge is 2.26. The summed E-state index contributed by atoms with van der Waals surface area (Å²) in [4.78, 5) is 0. The molecule has 0 radical (unpaired) electrons. The zero-order valence-electron chi connectivity index (χ0n) is 18.1. The van der Waals surface area contributed by atoms with Crippen molar-refractivity contribution in [1.29, 1.82) is 0 Å². The van der Waals surface area contributed by atoms with Crippen molar-refractivity contribution in [3.05, 3.63) is 107 Å². The van der Waals surface area contributed by atoms with Gasteiger partial charge in [0.05, 0.1) is 0 Å². The second-order valence-corrected chi connectivity index (χ2v) is 8.98. The summed E-state index contributed by atoms with van der Waals surface area (Å²) in [5, 5.41) is 0. The molecule has 2 aliphatic carbocycles. The quantitative estimate of drug-likeness (QED) is 0.418. The first-order chi connectivity index (χ1) is 14.7. The van der Waals surface area contributed by atoms with Gasteiger partial charge in [0.1, 0.15) is 0 Å². The molecule has 2 aliphatic rings. The minimum atomic E-state index is 0.507. The van der Waals surface area contributed by atoms with Crippen LogP contribution in [0.2, 0.25) is 0 Å². The Morgan fingerprint density at radius 1 is 0.733 bits per heavy atom. The smallest absolute Gasteiger partial charge is 0.00559 e. The second kappa shape index (κ2) is 8.11. The van der Waals surface area contributed by atoms with Crippen molar-refractivity contribution in [3.63, 3.8) is 0 Å². The van der Waals surface area contributed by atoms with E-state index in [-0.39, 0.29) is 0 Å². The molecule has 5 rings (SSSR count). The zero-order valence-corrected chi connectivity index (χ0v) is 18.1. The van der Waals surface area contributed by atoms with Crippen LogP contribution in [0.15, 0.2) is 90.5 Å². The van der Waals surface area contributed by atoms with E-state index in [1.54, 1.807) is 5.56 Å². The van der Waals surface area contributed by atoms with Crippen molar-refractivity contribution < 1.29 is 0 Å². The molecular formula is C30H30. The monoisotopic (exact) mass is 390 g/mol. The number of allylic oxidation sites excluding steroid dienone is 4. The molecular weight excluding hydrogens is 360 g/mol. The Kier molecular flexibility index (Phi) is 5.17. The van der Waals surface area contributed by atoms with Crippen LogP contribution in [0, 0.1) is 6.92 Å². The van der Waals surface area contributed by atoms with Crippen molar-refractivity contribution >= 4 is 0 Å². The van der Waals surface area contributed by atoms with Gasteiger partial charge >= 0.3 is 0 Å². The third-order valence-corrected chi connectivity index (χ3v) is 6.99. The van der Waals surface area contributed by atoms with Gasteiger partial charge < -0.3 is 0 Å². The van der Waals surface area contributed by atoms with Crippen LogP contribution >= 0.6 is 0 Å². The Labute approximate surface area is 181 Å². The van der Waals surface area contributed by atoms with E-state index in [2.05, 4.69) is 98.8 Å². The predicted molar refractivity (Wildman–Crippen MR) is 129 cm³/mol. The average Bonchev–Trinajstić information content (AvgIpc) is 2.74. The van der Waals surface area contributed by atoms with E-state index in [4.69, 9.17) is 0 Å². The molecule has 0 amide bonds. The molecule has 0 heterocycles. The van der Waals surface area contributed by atoms with Crippen molar-refractivity contribution in [1.82, 2.24) is 0 Å². The maximum absolute atomic E-state index is 2.35. The van der Waals surface area contributed by atoms with E-state index < -0.39 is 0 Å². The largest absolute Gasteiger partial charge is 0.0807 e. The van der Waals surface area contributed by atoms with E-state index in [1.807, 2.05) is 0 Å². The molecule has 0 aromatic heterocycles. The molecule has 0 saturated heterocycles. The zero-order chi connectivity index (χ0) is 20.5. The summed E-state index contributed by atoms with van der Waals surface area (Å²) in [5.74, 6) is 1.19. The SMILES string of the molecule is CC1=CCC(c2ccc(-c3cccc(-c4ccccc4C)c3C3CCC3)cc2)C=C1. The molecule has 0 spiro atoms. The molecule has 150 valence electrons. The van der Waals surface area contributed by atoms with E-state index >= 15 is 0 Å². The molecule has 0 bridgehead atoms. The first-order valence-corrected chi connectivity index (χ1v) is 11.3. The lowest BCUT2D eigenvalue weighted by molar-refractivity contribution is 0.421. The molecule has 1 saturated carbocycles. The van der Waals surface area contributed by atoms with E-state index in [0.717, 1.165) is 6.42 Å². The number of rotatable bonds is 4. The second-order valence-electron chi connectivity index (χ2n) is 8.98. The van der Waals surface area contributed by atoms with Gasteiger partial charge in [0.15, 0.2) is 0 Å². The van der Waals surface area contributed by atoms with Crippen molar-refractivity contribution in [3.8, 4) is 22.3 Å². The minimum absolute atomic E-state index is 0.507. The molecule has 1 fully saturated rings. The van der Waals surface area contributed by atoms with Crippen LogP contribution in [0.4, 0.5) is 0 Å². The molecule has 1 atom stereocenters. The van der Waals surface area contributed by atoms with E-state index in [9.17, 15) is 0 Å². The molecule has 3 aromatic carbocycles. The van der Waals surface area contributed by atoms with Crippen LogP contribution in [0.3, 0.4) is 0 Å². The highest BCUT2D eigenvalue weighted by Crippen LogP contribution is 2.46. The Bertz CT molecular complexity index is 1110. The maximum Gasteiger partial charge on any atom is 0.00559 e. The molecule has 0 nitrogen and oxygen atoms in total. The number of aryl methyl sites for hydroxylation is 1. The third-order valence-electron chi connectivity index (χ3n) is 6.99. The Morgan fingerprint density at radius 2 is 1.47 bits per heavy atom. The van der Waals surface area contributed by atoms with Crippen molar-refractivity contribution in [2.45, 2.75) is 51.4 Å².